The number of fused-ring (bicyclic) bond motifs is 3. The van der Waals surface area contributed by atoms with Gasteiger partial charge < -0.3 is 4.42 Å². The van der Waals surface area contributed by atoms with Crippen LogP contribution in [-0.2, 0) is 0 Å². The molecule has 0 amide bonds. The van der Waals surface area contributed by atoms with E-state index in [1.54, 1.807) is 0 Å². The quantitative estimate of drug-likeness (QED) is 0.421. The zero-order chi connectivity index (χ0) is 11.1. The molecule has 16 heavy (non-hydrogen) atoms. The molecule has 2 nitrogen and oxygen atoms in total. The van der Waals surface area contributed by atoms with E-state index in [9.17, 15) is 4.79 Å². The number of rotatable bonds is 0. The van der Waals surface area contributed by atoms with Crippen molar-refractivity contribution in [3.05, 3.63) is 58.4 Å². The number of aryl methyl sites for hydroxylation is 1. The van der Waals surface area contributed by atoms with Gasteiger partial charge >= 0.3 is 5.63 Å². The van der Waals surface area contributed by atoms with E-state index in [0.717, 1.165) is 10.8 Å². The smallest absolute Gasteiger partial charge is 0.336 e. The van der Waals surface area contributed by atoms with Crippen molar-refractivity contribution < 1.29 is 4.42 Å². The molecule has 0 spiro atoms. The molecule has 2 heteroatoms. The molecule has 3 aromatic rings. The van der Waals surface area contributed by atoms with Crippen molar-refractivity contribution in [2.45, 2.75) is 6.92 Å². The van der Waals surface area contributed by atoms with Crippen LogP contribution in [0.1, 0.15) is 5.56 Å². The summed E-state index contributed by atoms with van der Waals surface area (Å²) in [5, 5.41) is 3.32. The Kier molecular flexibility index (Phi) is 1.83. The fourth-order valence-corrected chi connectivity index (χ4v) is 2.12. The summed E-state index contributed by atoms with van der Waals surface area (Å²) in [6.45, 7) is 2.06. The number of hydrogen-bond donors (Lipinski definition) is 0. The van der Waals surface area contributed by atoms with Gasteiger partial charge in [-0.2, -0.15) is 0 Å². The van der Waals surface area contributed by atoms with Crippen molar-refractivity contribution in [2.75, 3.05) is 0 Å². The Morgan fingerprint density at radius 3 is 2.75 bits per heavy atom. The van der Waals surface area contributed by atoms with Gasteiger partial charge in [-0.25, -0.2) is 4.79 Å². The van der Waals surface area contributed by atoms with E-state index < -0.39 is 0 Å². The van der Waals surface area contributed by atoms with Crippen LogP contribution in [0.15, 0.2) is 51.7 Å². The predicted molar refractivity (Wildman–Crippen MR) is 64.7 cm³/mol. The third kappa shape index (κ3) is 1.23. The van der Waals surface area contributed by atoms with Crippen molar-refractivity contribution in [1.82, 2.24) is 0 Å². The SMILES string of the molecule is Cc1cccc2ccc3oc(=O)ccc3c12. The van der Waals surface area contributed by atoms with Crippen LogP contribution < -0.4 is 5.63 Å². The molecular weight excluding hydrogens is 200 g/mol. The van der Waals surface area contributed by atoms with Gasteiger partial charge in [-0.1, -0.05) is 24.3 Å². The van der Waals surface area contributed by atoms with E-state index in [2.05, 4.69) is 19.1 Å². The molecule has 3 rings (SSSR count). The molecule has 0 aliphatic heterocycles. The normalized spacial score (nSPS) is 11.1. The van der Waals surface area contributed by atoms with Gasteiger partial charge in [0.2, 0.25) is 0 Å². The summed E-state index contributed by atoms with van der Waals surface area (Å²) in [5.74, 6) is 0. The summed E-state index contributed by atoms with van der Waals surface area (Å²) in [5.41, 5.74) is 1.53. The first kappa shape index (κ1) is 9.16. The summed E-state index contributed by atoms with van der Waals surface area (Å²) in [6.07, 6.45) is 0. The molecule has 0 atom stereocenters. The minimum Gasteiger partial charge on any atom is -0.423 e. The standard InChI is InChI=1S/C14H10O2/c1-9-3-2-4-10-5-7-12-11(14(9)10)6-8-13(15)16-12/h2-8H,1H3. The molecule has 2 aromatic carbocycles. The van der Waals surface area contributed by atoms with Gasteiger partial charge in [0.15, 0.2) is 0 Å². The van der Waals surface area contributed by atoms with Crippen molar-refractivity contribution in [3.8, 4) is 0 Å². The summed E-state index contributed by atoms with van der Waals surface area (Å²) >= 11 is 0. The first-order valence-corrected chi connectivity index (χ1v) is 5.18. The van der Waals surface area contributed by atoms with Crippen LogP contribution in [0.25, 0.3) is 21.7 Å². The molecule has 0 radical (unpaired) electrons. The van der Waals surface area contributed by atoms with Crippen molar-refractivity contribution >= 4 is 21.7 Å². The van der Waals surface area contributed by atoms with Crippen molar-refractivity contribution in [1.29, 1.82) is 0 Å². The Balaban J connectivity index is 2.63. The summed E-state index contributed by atoms with van der Waals surface area (Å²) in [4.78, 5) is 11.1. The summed E-state index contributed by atoms with van der Waals surface area (Å²) in [6, 6.07) is 13.3. The molecule has 0 bridgehead atoms. The van der Waals surface area contributed by atoms with Crippen molar-refractivity contribution in [3.63, 3.8) is 0 Å². The Morgan fingerprint density at radius 1 is 1.00 bits per heavy atom. The van der Waals surface area contributed by atoms with Crippen LogP contribution in [-0.4, -0.2) is 0 Å². The van der Waals surface area contributed by atoms with Gasteiger partial charge in [-0.3, -0.25) is 0 Å². The van der Waals surface area contributed by atoms with Gasteiger partial charge in [-0.05, 0) is 35.4 Å². The van der Waals surface area contributed by atoms with Crippen LogP contribution in [0.4, 0.5) is 0 Å². The first-order valence-electron chi connectivity index (χ1n) is 5.18. The first-order chi connectivity index (χ1) is 7.75. The lowest BCUT2D eigenvalue weighted by molar-refractivity contribution is 0.561. The maximum atomic E-state index is 11.1. The third-order valence-electron chi connectivity index (χ3n) is 2.85. The van der Waals surface area contributed by atoms with E-state index >= 15 is 0 Å². The molecule has 0 aliphatic rings. The van der Waals surface area contributed by atoms with E-state index in [1.807, 2.05) is 24.3 Å². The van der Waals surface area contributed by atoms with Crippen LogP contribution >= 0.6 is 0 Å². The molecular formula is C14H10O2. The largest absolute Gasteiger partial charge is 0.423 e. The molecule has 0 fully saturated rings. The Bertz CT molecular complexity index is 738. The lowest BCUT2D eigenvalue weighted by Gasteiger charge is -2.05. The van der Waals surface area contributed by atoms with Crippen LogP contribution in [0.5, 0.6) is 0 Å². The predicted octanol–water partition coefficient (Wildman–Crippen LogP) is 3.25. The van der Waals surface area contributed by atoms with Gasteiger partial charge in [0.05, 0.1) is 0 Å². The number of benzene rings is 2. The fraction of sp³-hybridized carbons (Fsp3) is 0.0714. The molecule has 0 saturated carbocycles. The topological polar surface area (TPSA) is 30.2 Å². The van der Waals surface area contributed by atoms with Crippen molar-refractivity contribution in [2.24, 2.45) is 0 Å². The summed E-state index contributed by atoms with van der Waals surface area (Å²) < 4.78 is 5.17. The minimum absolute atomic E-state index is 0.305. The van der Waals surface area contributed by atoms with Crippen LogP contribution in [0, 0.1) is 6.92 Å². The molecule has 0 aliphatic carbocycles. The van der Waals surface area contributed by atoms with E-state index in [-0.39, 0.29) is 5.63 Å². The average molecular weight is 210 g/mol. The molecule has 0 unspecified atom stereocenters. The van der Waals surface area contributed by atoms with Gasteiger partial charge in [0.25, 0.3) is 0 Å². The van der Waals surface area contributed by atoms with Crippen LogP contribution in [0.3, 0.4) is 0 Å². The average Bonchev–Trinajstić information content (AvgIpc) is 2.29. The lowest BCUT2D eigenvalue weighted by atomic mass is 10.0. The Hall–Kier alpha value is -2.09. The fourth-order valence-electron chi connectivity index (χ4n) is 2.12. The molecule has 78 valence electrons. The molecule has 1 aromatic heterocycles. The monoisotopic (exact) mass is 210 g/mol. The zero-order valence-electron chi connectivity index (χ0n) is 8.86. The van der Waals surface area contributed by atoms with E-state index in [4.69, 9.17) is 4.42 Å². The molecule has 1 heterocycles. The van der Waals surface area contributed by atoms with E-state index in [1.165, 1.54) is 17.0 Å². The maximum absolute atomic E-state index is 11.1. The Labute approximate surface area is 92.1 Å². The molecule has 0 N–H and O–H groups in total. The summed E-state index contributed by atoms with van der Waals surface area (Å²) in [7, 11) is 0. The van der Waals surface area contributed by atoms with Gasteiger partial charge in [0, 0.05) is 11.5 Å². The highest BCUT2D eigenvalue weighted by atomic mass is 16.4. The lowest BCUT2D eigenvalue weighted by Crippen LogP contribution is -1.94. The van der Waals surface area contributed by atoms with E-state index in [0.29, 0.717) is 5.58 Å². The van der Waals surface area contributed by atoms with Gasteiger partial charge in [0.1, 0.15) is 5.58 Å². The molecule has 0 saturated heterocycles. The highest BCUT2D eigenvalue weighted by molar-refractivity contribution is 6.07. The maximum Gasteiger partial charge on any atom is 0.336 e. The minimum atomic E-state index is -0.305. The van der Waals surface area contributed by atoms with Gasteiger partial charge in [-0.15, -0.1) is 0 Å². The van der Waals surface area contributed by atoms with Crippen LogP contribution in [0.2, 0.25) is 0 Å². The zero-order valence-corrected chi connectivity index (χ0v) is 8.86. The third-order valence-corrected chi connectivity index (χ3v) is 2.85. The second-order valence-electron chi connectivity index (χ2n) is 3.90. The second-order valence-corrected chi connectivity index (χ2v) is 3.90. The highest BCUT2D eigenvalue weighted by Gasteiger charge is 2.04. The highest BCUT2D eigenvalue weighted by Crippen LogP contribution is 2.26. The second kappa shape index (κ2) is 3.20. The number of hydrogen-bond acceptors (Lipinski definition) is 2. The Morgan fingerprint density at radius 2 is 1.88 bits per heavy atom.